The fourth-order valence-electron chi connectivity index (χ4n) is 2.31. The Morgan fingerprint density at radius 3 is 2.38 bits per heavy atom. The number of aliphatic hydroxyl groups is 1. The van der Waals surface area contributed by atoms with Gasteiger partial charge in [-0.1, -0.05) is 12.6 Å². The topological polar surface area (TPSA) is 100 Å². The van der Waals surface area contributed by atoms with Crippen molar-refractivity contribution in [2.24, 2.45) is 5.73 Å². The number of allylic oxidation sites excluding steroid dienone is 3. The first-order valence-corrected chi connectivity index (χ1v) is 9.94. The van der Waals surface area contributed by atoms with Crippen molar-refractivity contribution in [1.29, 1.82) is 5.41 Å². The fourth-order valence-corrected chi connectivity index (χ4v) is 2.55. The molecule has 0 saturated heterocycles. The van der Waals surface area contributed by atoms with E-state index in [0.29, 0.717) is 0 Å². The molecule has 0 unspecified atom stereocenters. The molecule has 1 aliphatic carbocycles. The Balaban J connectivity index is 0.000000749. The third-order valence-electron chi connectivity index (χ3n) is 3.74. The number of pyridine rings is 1. The summed E-state index contributed by atoms with van der Waals surface area (Å²) in [4.78, 5) is 16.0. The van der Waals surface area contributed by atoms with Gasteiger partial charge in [0, 0.05) is 17.9 Å². The van der Waals surface area contributed by atoms with Crippen LogP contribution in [0, 0.1) is 5.41 Å². The molecule has 0 radical (unpaired) electrons. The van der Waals surface area contributed by atoms with Crippen LogP contribution in [0.3, 0.4) is 0 Å². The fraction of sp³-hybridized carbons (Fsp3) is 0.350. The summed E-state index contributed by atoms with van der Waals surface area (Å²) in [5.74, 6) is 0.308. The molecule has 0 aliphatic heterocycles. The Hall–Kier alpha value is -2.23. The number of aromatic nitrogens is 1. The molecule has 0 saturated carbocycles. The molecule has 158 valence electrons. The normalized spacial score (nSPS) is 14.6. The molecule has 0 amide bonds. The van der Waals surface area contributed by atoms with E-state index in [1.807, 2.05) is 6.26 Å². The molecule has 9 heteroatoms. The van der Waals surface area contributed by atoms with Gasteiger partial charge in [0.2, 0.25) is 5.78 Å². The Morgan fingerprint density at radius 2 is 1.93 bits per heavy atom. The summed E-state index contributed by atoms with van der Waals surface area (Å²) in [6.45, 7) is 7.26. The Bertz CT molecular complexity index is 851. The number of hydrogen-bond donors (Lipinski definition) is 3. The van der Waals surface area contributed by atoms with Crippen LogP contribution in [0.5, 0.6) is 0 Å². The lowest BCUT2D eigenvalue weighted by molar-refractivity contribution is -0.141. The molecule has 0 bridgehead atoms. The van der Waals surface area contributed by atoms with Gasteiger partial charge in [-0.2, -0.15) is 24.9 Å². The molecular formula is C20H24F3N3O2S. The molecule has 1 aliphatic rings. The van der Waals surface area contributed by atoms with Crippen molar-refractivity contribution in [2.45, 2.75) is 25.6 Å². The molecule has 1 heterocycles. The lowest BCUT2D eigenvalue weighted by Gasteiger charge is -2.26. The minimum atomic E-state index is -4.67. The average molecular weight is 427 g/mol. The number of Topliss-reactive ketones (excluding diaryl/α,β-unsaturated/α-hetero) is 1. The van der Waals surface area contributed by atoms with E-state index in [1.54, 1.807) is 11.8 Å². The maximum absolute atomic E-state index is 12.8. The zero-order valence-corrected chi connectivity index (χ0v) is 17.2. The van der Waals surface area contributed by atoms with Crippen molar-refractivity contribution in [3.05, 3.63) is 65.0 Å². The summed E-state index contributed by atoms with van der Waals surface area (Å²) >= 11 is 1.78. The van der Waals surface area contributed by atoms with E-state index in [0.717, 1.165) is 24.4 Å². The van der Waals surface area contributed by atoms with E-state index in [1.165, 1.54) is 32.1 Å². The van der Waals surface area contributed by atoms with Crippen LogP contribution >= 0.6 is 11.8 Å². The number of carbonyl (C=O) groups is 1. The third-order valence-corrected chi connectivity index (χ3v) is 4.39. The minimum Gasteiger partial charge on any atom is -0.386 e. The van der Waals surface area contributed by atoms with Crippen molar-refractivity contribution in [2.75, 3.05) is 18.6 Å². The third kappa shape index (κ3) is 6.95. The van der Waals surface area contributed by atoms with Crippen LogP contribution in [0.15, 0.2) is 53.6 Å². The smallest absolute Gasteiger partial charge is 0.386 e. The van der Waals surface area contributed by atoms with Gasteiger partial charge in [0.05, 0.1) is 11.3 Å². The van der Waals surface area contributed by atoms with Gasteiger partial charge in [-0.05, 0) is 55.5 Å². The number of halogens is 3. The van der Waals surface area contributed by atoms with Crippen LogP contribution in [-0.2, 0) is 6.18 Å². The van der Waals surface area contributed by atoms with Crippen LogP contribution in [-0.4, -0.2) is 45.7 Å². The van der Waals surface area contributed by atoms with Crippen LogP contribution in [0.2, 0.25) is 0 Å². The van der Waals surface area contributed by atoms with Gasteiger partial charge >= 0.3 is 6.18 Å². The van der Waals surface area contributed by atoms with Crippen molar-refractivity contribution in [3.8, 4) is 0 Å². The number of nitrogens with one attached hydrogen (secondary N) is 1. The first-order chi connectivity index (χ1) is 13.3. The molecule has 4 N–H and O–H groups in total. The molecule has 0 atom stereocenters. The molecule has 0 spiro atoms. The van der Waals surface area contributed by atoms with Crippen molar-refractivity contribution in [3.63, 3.8) is 0 Å². The van der Waals surface area contributed by atoms with Crippen LogP contribution in [0.25, 0.3) is 0 Å². The van der Waals surface area contributed by atoms with E-state index in [-0.39, 0.29) is 22.4 Å². The van der Waals surface area contributed by atoms with Crippen molar-refractivity contribution >= 4 is 23.3 Å². The highest BCUT2D eigenvalue weighted by molar-refractivity contribution is 7.98. The number of carbonyl (C=O) groups excluding carboxylic acids is 1. The summed E-state index contributed by atoms with van der Waals surface area (Å²) in [6.07, 6.45) is -0.0617. The minimum absolute atomic E-state index is 0.0145. The van der Waals surface area contributed by atoms with Crippen LogP contribution in [0.1, 0.15) is 30.0 Å². The Morgan fingerprint density at radius 1 is 1.31 bits per heavy atom. The first kappa shape index (κ1) is 24.8. The van der Waals surface area contributed by atoms with E-state index in [4.69, 9.17) is 11.1 Å². The number of alkyl halides is 3. The lowest BCUT2D eigenvalue weighted by Crippen LogP contribution is -2.29. The summed E-state index contributed by atoms with van der Waals surface area (Å²) in [5, 5.41) is 18.0. The highest BCUT2D eigenvalue weighted by Gasteiger charge is 2.35. The highest BCUT2D eigenvalue weighted by Crippen LogP contribution is 2.32. The second kappa shape index (κ2) is 10.00. The summed E-state index contributed by atoms with van der Waals surface area (Å²) in [7, 11) is 0. The number of hydrogen-bond acceptors (Lipinski definition) is 6. The van der Waals surface area contributed by atoms with Crippen molar-refractivity contribution in [1.82, 2.24) is 4.98 Å². The van der Waals surface area contributed by atoms with Crippen LogP contribution in [0.4, 0.5) is 13.2 Å². The highest BCUT2D eigenvalue weighted by atomic mass is 32.2. The number of rotatable bonds is 5. The first-order valence-electron chi connectivity index (χ1n) is 8.55. The number of nitrogens with zero attached hydrogens (tertiary/aromatic N) is 1. The molecule has 1 aromatic rings. The van der Waals surface area contributed by atoms with Gasteiger partial charge in [-0.15, -0.1) is 0 Å². The standard InChI is InChI=1S/C17H15F3N2O2.C3H9NS/c1-9-7-10(11(8-12(9)21)16(2,3)24)15(23)13-5-4-6-14(22-13)17(18,19)20;1-5-3-2-4/h4-8,21,24H,1H2,2-3H3;2-4H2,1H3. The summed E-state index contributed by atoms with van der Waals surface area (Å²) in [6, 6.07) is 3.03. The number of thioether (sulfide) groups is 1. The molecule has 2 rings (SSSR count). The van der Waals surface area contributed by atoms with Gasteiger partial charge in [0.25, 0.3) is 0 Å². The monoisotopic (exact) mass is 427 g/mol. The van der Waals surface area contributed by atoms with Crippen LogP contribution < -0.4 is 5.73 Å². The molecule has 29 heavy (non-hydrogen) atoms. The van der Waals surface area contributed by atoms with Gasteiger partial charge in [-0.25, -0.2) is 4.98 Å². The molecule has 1 aromatic heterocycles. The number of nitrogens with two attached hydrogens (primary N) is 1. The Labute approximate surface area is 172 Å². The number of ketones is 1. The predicted octanol–water partition coefficient (Wildman–Crippen LogP) is 3.80. The zero-order valence-electron chi connectivity index (χ0n) is 16.4. The maximum Gasteiger partial charge on any atom is 0.433 e. The maximum atomic E-state index is 12.8. The van der Waals surface area contributed by atoms with Gasteiger partial charge in [0.15, 0.2) is 0 Å². The predicted molar refractivity (Wildman–Crippen MR) is 110 cm³/mol. The molecular weight excluding hydrogens is 403 g/mol. The molecule has 0 fully saturated rings. The van der Waals surface area contributed by atoms with E-state index in [2.05, 4.69) is 11.6 Å². The van der Waals surface area contributed by atoms with E-state index >= 15 is 0 Å². The summed E-state index contributed by atoms with van der Waals surface area (Å²) in [5.41, 5.74) is 2.42. The molecule has 0 aromatic carbocycles. The average Bonchev–Trinajstić information content (AvgIpc) is 2.63. The second-order valence-corrected chi connectivity index (χ2v) is 7.62. The van der Waals surface area contributed by atoms with E-state index in [9.17, 15) is 23.1 Å². The SMILES string of the molecule is C=C1C=C(C(=O)c2cccc(C(F)(F)F)n2)C(C(C)(C)O)=CC1=N.CSCCN. The quantitative estimate of drug-likeness (QED) is 0.621. The second-order valence-electron chi connectivity index (χ2n) is 6.63. The van der Waals surface area contributed by atoms with Gasteiger partial charge in [0.1, 0.15) is 11.4 Å². The van der Waals surface area contributed by atoms with E-state index < -0.39 is 28.9 Å². The van der Waals surface area contributed by atoms with Crippen molar-refractivity contribution < 1.29 is 23.1 Å². The lowest BCUT2D eigenvalue weighted by atomic mass is 9.82. The van der Waals surface area contributed by atoms with Gasteiger partial charge in [-0.3, -0.25) is 4.79 Å². The van der Waals surface area contributed by atoms with Gasteiger partial charge < -0.3 is 16.2 Å². The molecule has 5 nitrogen and oxygen atoms in total. The zero-order chi connectivity index (χ0) is 22.4. The largest absolute Gasteiger partial charge is 0.433 e. The summed E-state index contributed by atoms with van der Waals surface area (Å²) < 4.78 is 38.3. The Kier molecular flexibility index (Phi) is 8.55.